The number of pyridine rings is 1. The van der Waals surface area contributed by atoms with Gasteiger partial charge in [0.05, 0.1) is 10.6 Å². The van der Waals surface area contributed by atoms with Crippen LogP contribution in [0, 0.1) is 17.0 Å². The number of nitrogens with one attached hydrogen (secondary N) is 1. The van der Waals surface area contributed by atoms with Crippen molar-refractivity contribution in [1.29, 1.82) is 0 Å². The first-order chi connectivity index (χ1) is 17.5. The predicted molar refractivity (Wildman–Crippen MR) is 126 cm³/mol. The van der Waals surface area contributed by atoms with E-state index in [9.17, 15) is 37.3 Å². The van der Waals surface area contributed by atoms with E-state index < -0.39 is 53.2 Å². The van der Waals surface area contributed by atoms with Crippen molar-refractivity contribution in [2.24, 2.45) is 5.73 Å². The van der Waals surface area contributed by atoms with E-state index in [1.165, 1.54) is 0 Å². The molecule has 0 aliphatic heterocycles. The molecule has 0 bridgehead atoms. The SMILES string of the molecule is Cc1c([N+](=O)[O-])c(C(F)F)nn1CC(=O)Nc1c(C(N)=O)sc2nc(C(F)F)cc(-c3ccccc3)c12. The van der Waals surface area contributed by atoms with Crippen LogP contribution in [0.4, 0.5) is 28.9 Å². The molecule has 0 saturated carbocycles. The van der Waals surface area contributed by atoms with Gasteiger partial charge in [-0.3, -0.25) is 24.4 Å². The summed E-state index contributed by atoms with van der Waals surface area (Å²) < 4.78 is 54.4. The van der Waals surface area contributed by atoms with Gasteiger partial charge in [-0.2, -0.15) is 5.10 Å². The first-order valence-corrected chi connectivity index (χ1v) is 11.2. The fourth-order valence-corrected chi connectivity index (χ4v) is 4.78. The van der Waals surface area contributed by atoms with Crippen molar-refractivity contribution in [1.82, 2.24) is 14.8 Å². The summed E-state index contributed by atoms with van der Waals surface area (Å²) in [5.41, 5.74) is 3.24. The number of carbonyl (C=O) groups excluding carboxylic acids is 2. The second kappa shape index (κ2) is 9.93. The summed E-state index contributed by atoms with van der Waals surface area (Å²) in [4.78, 5) is 39.0. The Morgan fingerprint density at radius 2 is 1.86 bits per heavy atom. The minimum Gasteiger partial charge on any atom is -0.365 e. The third kappa shape index (κ3) is 4.84. The smallest absolute Gasteiger partial charge is 0.319 e. The molecule has 2 amide bonds. The quantitative estimate of drug-likeness (QED) is 0.184. The molecule has 0 saturated heterocycles. The molecule has 192 valence electrons. The topological polar surface area (TPSA) is 146 Å². The van der Waals surface area contributed by atoms with Crippen molar-refractivity contribution in [3.05, 3.63) is 68.5 Å². The Morgan fingerprint density at radius 3 is 2.41 bits per heavy atom. The summed E-state index contributed by atoms with van der Waals surface area (Å²) >= 11 is 0.694. The highest BCUT2D eigenvalue weighted by molar-refractivity contribution is 7.21. The van der Waals surface area contributed by atoms with E-state index in [4.69, 9.17) is 5.73 Å². The van der Waals surface area contributed by atoms with E-state index in [1.54, 1.807) is 30.3 Å². The lowest BCUT2D eigenvalue weighted by molar-refractivity contribution is -0.386. The predicted octanol–water partition coefficient (Wildman–Crippen LogP) is 4.99. The van der Waals surface area contributed by atoms with Crippen molar-refractivity contribution in [2.75, 3.05) is 5.32 Å². The normalized spacial score (nSPS) is 11.4. The van der Waals surface area contributed by atoms with Gasteiger partial charge in [0.1, 0.15) is 27.6 Å². The van der Waals surface area contributed by atoms with Crippen molar-refractivity contribution in [3.8, 4) is 11.1 Å². The number of nitrogens with zero attached hydrogens (tertiary/aromatic N) is 4. The van der Waals surface area contributed by atoms with E-state index in [1.807, 2.05) is 0 Å². The number of amides is 2. The molecule has 0 aliphatic carbocycles. The monoisotopic (exact) mass is 536 g/mol. The van der Waals surface area contributed by atoms with Gasteiger partial charge in [-0.25, -0.2) is 22.5 Å². The number of carbonyl (C=O) groups is 2. The zero-order chi connectivity index (χ0) is 27.0. The number of rotatable bonds is 8. The molecule has 0 unspecified atom stereocenters. The second-order valence-electron chi connectivity index (χ2n) is 7.69. The first kappa shape index (κ1) is 25.7. The van der Waals surface area contributed by atoms with Crippen LogP contribution in [0.3, 0.4) is 0 Å². The Balaban J connectivity index is 1.82. The Hall–Kier alpha value is -4.40. The van der Waals surface area contributed by atoms with Crippen molar-refractivity contribution >= 4 is 44.7 Å². The fraction of sp³-hybridized carbons (Fsp3) is 0.182. The molecular formula is C22H16F4N6O4S. The maximum Gasteiger partial charge on any atom is 0.319 e. The third-order valence-electron chi connectivity index (χ3n) is 5.36. The number of fused-ring (bicyclic) bond motifs is 1. The Labute approximate surface area is 208 Å². The minimum atomic E-state index is -3.26. The molecule has 0 atom stereocenters. The number of anilines is 1. The van der Waals surface area contributed by atoms with Crippen LogP contribution in [0.5, 0.6) is 0 Å². The van der Waals surface area contributed by atoms with Gasteiger partial charge in [0.2, 0.25) is 11.6 Å². The van der Waals surface area contributed by atoms with Gasteiger partial charge in [0, 0.05) is 5.39 Å². The number of nitro groups is 1. The molecule has 15 heteroatoms. The lowest BCUT2D eigenvalue weighted by atomic mass is 10.0. The first-order valence-electron chi connectivity index (χ1n) is 10.4. The van der Waals surface area contributed by atoms with Crippen LogP contribution < -0.4 is 11.1 Å². The molecule has 3 N–H and O–H groups in total. The van der Waals surface area contributed by atoms with Gasteiger partial charge in [0.15, 0.2) is 0 Å². The summed E-state index contributed by atoms with van der Waals surface area (Å²) in [6, 6.07) is 9.44. The van der Waals surface area contributed by atoms with Crippen LogP contribution in [-0.4, -0.2) is 31.5 Å². The van der Waals surface area contributed by atoms with E-state index in [0.717, 1.165) is 17.7 Å². The van der Waals surface area contributed by atoms with E-state index >= 15 is 0 Å². The molecule has 4 aromatic rings. The number of benzene rings is 1. The number of aromatic nitrogens is 3. The van der Waals surface area contributed by atoms with Crippen LogP contribution in [0.15, 0.2) is 36.4 Å². The second-order valence-corrected chi connectivity index (χ2v) is 8.69. The van der Waals surface area contributed by atoms with Gasteiger partial charge in [-0.15, -0.1) is 11.3 Å². The Kier molecular flexibility index (Phi) is 6.89. The fourth-order valence-electron chi connectivity index (χ4n) is 3.77. The van der Waals surface area contributed by atoms with Gasteiger partial charge >= 0.3 is 5.69 Å². The standard InChI is InChI=1S/C22H16F4N6O4S/c1-9-17(32(35)36)16(20(25)26)30-31(9)8-13(33)29-15-14-11(10-5-3-2-4-6-10)7-12(19(23)24)28-22(14)37-18(15)21(27)34/h2-7,19-20H,8H2,1H3,(H2,27,34)(H,29,33). The molecule has 0 aliphatic rings. The van der Waals surface area contributed by atoms with Crippen LogP contribution in [0.1, 0.15) is 39.6 Å². The third-order valence-corrected chi connectivity index (χ3v) is 6.46. The summed E-state index contributed by atoms with van der Waals surface area (Å²) in [7, 11) is 0. The average Bonchev–Trinajstić information content (AvgIpc) is 3.37. The summed E-state index contributed by atoms with van der Waals surface area (Å²) in [6.07, 6.45) is -6.18. The zero-order valence-corrected chi connectivity index (χ0v) is 19.6. The number of halogens is 4. The van der Waals surface area contributed by atoms with Crippen LogP contribution in [0.2, 0.25) is 0 Å². The number of alkyl halides is 4. The average molecular weight is 536 g/mol. The Bertz CT molecular complexity index is 1540. The Morgan fingerprint density at radius 1 is 1.19 bits per heavy atom. The molecular weight excluding hydrogens is 520 g/mol. The number of thiophene rings is 1. The van der Waals surface area contributed by atoms with Crippen molar-refractivity contribution < 1.29 is 32.1 Å². The summed E-state index contributed by atoms with van der Waals surface area (Å²) in [5.74, 6) is -1.86. The maximum absolute atomic E-state index is 13.6. The molecule has 0 fully saturated rings. The zero-order valence-electron chi connectivity index (χ0n) is 18.7. The lowest BCUT2D eigenvalue weighted by Gasteiger charge is -2.11. The van der Waals surface area contributed by atoms with Gasteiger partial charge in [-0.1, -0.05) is 30.3 Å². The number of primary amides is 1. The highest BCUT2D eigenvalue weighted by Gasteiger charge is 2.32. The number of hydrogen-bond acceptors (Lipinski definition) is 7. The van der Waals surface area contributed by atoms with Gasteiger partial charge in [-0.05, 0) is 24.1 Å². The lowest BCUT2D eigenvalue weighted by Crippen LogP contribution is -2.22. The minimum absolute atomic E-state index is 0.00615. The molecule has 3 aromatic heterocycles. The molecule has 0 radical (unpaired) electrons. The summed E-state index contributed by atoms with van der Waals surface area (Å²) in [5, 5.41) is 17.3. The molecule has 3 heterocycles. The van der Waals surface area contributed by atoms with E-state index in [0.29, 0.717) is 16.9 Å². The highest BCUT2D eigenvalue weighted by atomic mass is 32.1. The van der Waals surface area contributed by atoms with E-state index in [-0.39, 0.29) is 32.0 Å². The van der Waals surface area contributed by atoms with Gasteiger partial charge in [0.25, 0.3) is 18.8 Å². The van der Waals surface area contributed by atoms with Crippen molar-refractivity contribution in [2.45, 2.75) is 26.3 Å². The number of nitrogens with two attached hydrogens (primary N) is 1. The van der Waals surface area contributed by atoms with Crippen LogP contribution >= 0.6 is 11.3 Å². The van der Waals surface area contributed by atoms with Crippen LogP contribution in [0.25, 0.3) is 21.3 Å². The maximum atomic E-state index is 13.6. The van der Waals surface area contributed by atoms with Crippen LogP contribution in [-0.2, 0) is 11.3 Å². The molecule has 1 aromatic carbocycles. The summed E-state index contributed by atoms with van der Waals surface area (Å²) in [6.45, 7) is 0.431. The molecule has 10 nitrogen and oxygen atoms in total. The largest absolute Gasteiger partial charge is 0.365 e. The molecule has 0 spiro atoms. The van der Waals surface area contributed by atoms with Crippen molar-refractivity contribution in [3.63, 3.8) is 0 Å². The van der Waals surface area contributed by atoms with E-state index in [2.05, 4.69) is 15.4 Å². The molecule has 4 rings (SSSR count). The molecule has 37 heavy (non-hydrogen) atoms. The number of hydrogen-bond donors (Lipinski definition) is 2. The van der Waals surface area contributed by atoms with Gasteiger partial charge < -0.3 is 11.1 Å². The highest BCUT2D eigenvalue weighted by Crippen LogP contribution is 2.42.